The summed E-state index contributed by atoms with van der Waals surface area (Å²) in [5.41, 5.74) is 1.33. The highest BCUT2D eigenvalue weighted by Crippen LogP contribution is 2.22. The Morgan fingerprint density at radius 3 is 2.44 bits per heavy atom. The van der Waals surface area contributed by atoms with Crippen molar-refractivity contribution >= 4 is 33.4 Å². The van der Waals surface area contributed by atoms with Gasteiger partial charge in [-0.15, -0.1) is 10.2 Å². The molecule has 0 aliphatic heterocycles. The third-order valence-electron chi connectivity index (χ3n) is 4.73. The second-order valence-electron chi connectivity index (χ2n) is 7.19. The average molecular weight is 478 g/mol. The number of carbonyl (C=O) groups is 1. The predicted octanol–water partition coefficient (Wildman–Crippen LogP) is 2.89. The molecule has 0 saturated carbocycles. The van der Waals surface area contributed by atoms with E-state index in [9.17, 15) is 17.6 Å². The minimum atomic E-state index is -3.64. The summed E-state index contributed by atoms with van der Waals surface area (Å²) in [4.78, 5) is 12.3. The van der Waals surface area contributed by atoms with Gasteiger partial charge in [0.25, 0.3) is 0 Å². The van der Waals surface area contributed by atoms with Crippen molar-refractivity contribution in [1.82, 2.24) is 20.1 Å². The van der Waals surface area contributed by atoms with Crippen molar-refractivity contribution in [2.45, 2.75) is 24.7 Å². The number of sulfonamides is 1. The normalized spacial score (nSPS) is 12.4. The molecule has 32 heavy (non-hydrogen) atoms. The van der Waals surface area contributed by atoms with Crippen LogP contribution < -0.4 is 9.62 Å². The van der Waals surface area contributed by atoms with Gasteiger partial charge in [-0.3, -0.25) is 9.10 Å². The zero-order valence-corrected chi connectivity index (χ0v) is 19.5. The van der Waals surface area contributed by atoms with Crippen molar-refractivity contribution in [3.8, 4) is 0 Å². The molecule has 0 unspecified atom stereocenters. The van der Waals surface area contributed by atoms with E-state index in [1.54, 1.807) is 11.6 Å². The van der Waals surface area contributed by atoms with Gasteiger partial charge in [-0.1, -0.05) is 42.1 Å². The lowest BCUT2D eigenvalue weighted by atomic mass is 10.1. The van der Waals surface area contributed by atoms with Crippen LogP contribution in [0.4, 0.5) is 10.1 Å². The van der Waals surface area contributed by atoms with E-state index in [0.717, 1.165) is 16.1 Å². The number of benzene rings is 2. The summed E-state index contributed by atoms with van der Waals surface area (Å²) in [7, 11) is -1.94. The Hall–Kier alpha value is -2.92. The molecule has 1 N–H and O–H groups in total. The van der Waals surface area contributed by atoms with Gasteiger partial charge in [0.2, 0.25) is 15.9 Å². The van der Waals surface area contributed by atoms with Crippen LogP contribution in [0.25, 0.3) is 0 Å². The molecule has 0 fully saturated rings. The molecule has 1 aromatic heterocycles. The lowest BCUT2D eigenvalue weighted by Crippen LogP contribution is -2.30. The molecule has 3 rings (SSSR count). The fourth-order valence-electron chi connectivity index (χ4n) is 2.98. The van der Waals surface area contributed by atoms with Crippen molar-refractivity contribution < 1.29 is 17.6 Å². The van der Waals surface area contributed by atoms with Gasteiger partial charge in [0.15, 0.2) is 11.0 Å². The Bertz CT molecular complexity index is 1170. The summed E-state index contributed by atoms with van der Waals surface area (Å²) >= 11 is 1.21. The minimum absolute atomic E-state index is 0.0776. The third-order valence-corrected chi connectivity index (χ3v) is 6.90. The van der Waals surface area contributed by atoms with Crippen LogP contribution in [-0.2, 0) is 28.4 Å². The fourth-order valence-corrected chi connectivity index (χ4v) is 4.58. The second kappa shape index (κ2) is 10.1. The first-order valence-electron chi connectivity index (χ1n) is 9.74. The number of aromatic nitrogens is 3. The fraction of sp³-hybridized carbons (Fsp3) is 0.286. The smallest absolute Gasteiger partial charge is 0.232 e. The van der Waals surface area contributed by atoms with Gasteiger partial charge in [-0.25, -0.2) is 12.8 Å². The number of hydrogen-bond donors (Lipinski definition) is 1. The molecular formula is C21H24FN5O3S2. The summed E-state index contributed by atoms with van der Waals surface area (Å²) in [5.74, 6) is -0.0867. The molecule has 3 aromatic rings. The first-order chi connectivity index (χ1) is 15.1. The monoisotopic (exact) mass is 477 g/mol. The third kappa shape index (κ3) is 6.07. The van der Waals surface area contributed by atoms with Gasteiger partial charge in [-0.2, -0.15) is 0 Å². The molecule has 11 heteroatoms. The maximum Gasteiger partial charge on any atom is 0.232 e. The molecule has 0 aliphatic carbocycles. The Morgan fingerprint density at radius 2 is 1.81 bits per heavy atom. The zero-order chi connectivity index (χ0) is 23.3. The molecule has 8 nitrogen and oxygen atoms in total. The van der Waals surface area contributed by atoms with E-state index in [-0.39, 0.29) is 24.2 Å². The summed E-state index contributed by atoms with van der Waals surface area (Å²) in [6.45, 7) is 1.83. The highest BCUT2D eigenvalue weighted by Gasteiger charge is 2.22. The lowest BCUT2D eigenvalue weighted by molar-refractivity contribution is -0.119. The van der Waals surface area contributed by atoms with Crippen molar-refractivity contribution in [2.75, 3.05) is 16.3 Å². The van der Waals surface area contributed by atoms with E-state index in [1.807, 2.05) is 37.3 Å². The van der Waals surface area contributed by atoms with Crippen LogP contribution in [0.5, 0.6) is 0 Å². The highest BCUT2D eigenvalue weighted by molar-refractivity contribution is 7.99. The molecule has 1 heterocycles. The Balaban J connectivity index is 1.65. The van der Waals surface area contributed by atoms with E-state index in [1.165, 1.54) is 36.0 Å². The molecule has 0 radical (unpaired) electrons. The summed E-state index contributed by atoms with van der Waals surface area (Å²) in [5, 5.41) is 11.6. The highest BCUT2D eigenvalue weighted by atomic mass is 32.2. The van der Waals surface area contributed by atoms with E-state index in [0.29, 0.717) is 16.7 Å². The molecule has 0 spiro atoms. The van der Waals surface area contributed by atoms with Crippen LogP contribution in [0.1, 0.15) is 24.4 Å². The first-order valence-corrected chi connectivity index (χ1v) is 12.6. The van der Waals surface area contributed by atoms with Gasteiger partial charge >= 0.3 is 0 Å². The van der Waals surface area contributed by atoms with Gasteiger partial charge in [-0.05, 0) is 36.8 Å². The number of carbonyl (C=O) groups excluding carboxylic acids is 1. The van der Waals surface area contributed by atoms with Crippen molar-refractivity contribution in [1.29, 1.82) is 0 Å². The summed E-state index contributed by atoms with van der Waals surface area (Å²) in [6, 6.07) is 14.7. The van der Waals surface area contributed by atoms with Gasteiger partial charge in [0, 0.05) is 7.05 Å². The summed E-state index contributed by atoms with van der Waals surface area (Å²) < 4.78 is 40.6. The molecule has 170 valence electrons. The van der Waals surface area contributed by atoms with E-state index < -0.39 is 15.8 Å². The van der Waals surface area contributed by atoms with Crippen LogP contribution in [0, 0.1) is 5.82 Å². The number of rotatable bonds is 9. The topological polar surface area (TPSA) is 97.2 Å². The van der Waals surface area contributed by atoms with Crippen LogP contribution in [0.2, 0.25) is 0 Å². The standard InChI is InChI=1S/C21H24FN5O3S2/c1-15(16-7-5-4-6-8-16)23-20(28)14-31-21-25-24-19(26(21)2)13-27(32(3,29)30)18-11-9-17(22)10-12-18/h4-12,15H,13-14H2,1-3H3,(H,23,28)/t15-/m0/s1. The Morgan fingerprint density at radius 1 is 1.16 bits per heavy atom. The van der Waals surface area contributed by atoms with Crippen molar-refractivity contribution in [3.63, 3.8) is 0 Å². The molecule has 0 aliphatic rings. The Labute approximate surface area is 190 Å². The molecule has 0 saturated heterocycles. The maximum atomic E-state index is 13.2. The van der Waals surface area contributed by atoms with Crippen LogP contribution in [-0.4, -0.2) is 41.1 Å². The minimum Gasteiger partial charge on any atom is -0.349 e. The van der Waals surface area contributed by atoms with Crippen LogP contribution in [0.15, 0.2) is 59.8 Å². The SMILES string of the molecule is C[C@H](NC(=O)CSc1nnc(CN(c2ccc(F)cc2)S(C)(=O)=O)n1C)c1ccccc1. The quantitative estimate of drug-likeness (QED) is 0.476. The van der Waals surface area contributed by atoms with Crippen molar-refractivity contribution in [2.24, 2.45) is 7.05 Å². The van der Waals surface area contributed by atoms with Gasteiger partial charge in [0.1, 0.15) is 5.82 Å². The molecule has 1 atom stereocenters. The number of halogens is 1. The number of amides is 1. The van der Waals surface area contributed by atoms with Gasteiger partial charge in [0.05, 0.1) is 30.3 Å². The summed E-state index contributed by atoms with van der Waals surface area (Å²) in [6.07, 6.45) is 1.07. The molecule has 2 aromatic carbocycles. The lowest BCUT2D eigenvalue weighted by Gasteiger charge is -2.21. The number of nitrogens with zero attached hydrogens (tertiary/aromatic N) is 4. The first kappa shape index (κ1) is 23.7. The van der Waals surface area contributed by atoms with E-state index >= 15 is 0 Å². The van der Waals surface area contributed by atoms with Crippen LogP contribution >= 0.6 is 11.8 Å². The number of anilines is 1. The maximum absolute atomic E-state index is 13.2. The zero-order valence-electron chi connectivity index (χ0n) is 17.9. The van der Waals surface area contributed by atoms with Crippen LogP contribution in [0.3, 0.4) is 0 Å². The largest absolute Gasteiger partial charge is 0.349 e. The van der Waals surface area contributed by atoms with Gasteiger partial charge < -0.3 is 9.88 Å². The second-order valence-corrected chi connectivity index (χ2v) is 10.0. The molecular weight excluding hydrogens is 453 g/mol. The molecule has 0 bridgehead atoms. The average Bonchev–Trinajstić information content (AvgIpc) is 3.10. The predicted molar refractivity (Wildman–Crippen MR) is 122 cm³/mol. The number of thioether (sulfide) groups is 1. The van der Waals surface area contributed by atoms with E-state index in [4.69, 9.17) is 0 Å². The molecule has 1 amide bonds. The van der Waals surface area contributed by atoms with E-state index in [2.05, 4.69) is 15.5 Å². The number of nitrogens with one attached hydrogen (secondary N) is 1. The Kier molecular flexibility index (Phi) is 7.52. The van der Waals surface area contributed by atoms with Crippen molar-refractivity contribution in [3.05, 3.63) is 71.8 Å². The number of hydrogen-bond acceptors (Lipinski definition) is 6.